The Bertz CT molecular complexity index is 1850. The number of amides is 1. The van der Waals surface area contributed by atoms with E-state index >= 15 is 0 Å². The highest BCUT2D eigenvalue weighted by atomic mass is 31.2. The van der Waals surface area contributed by atoms with Crippen molar-refractivity contribution in [2.45, 2.75) is 38.8 Å². The van der Waals surface area contributed by atoms with Gasteiger partial charge < -0.3 is 29.3 Å². The van der Waals surface area contributed by atoms with Gasteiger partial charge in [0.05, 0.1) is 49.6 Å². The van der Waals surface area contributed by atoms with Crippen LogP contribution < -0.4 is 15.4 Å². The molecular weight excluding hydrogens is 626 g/mol. The summed E-state index contributed by atoms with van der Waals surface area (Å²) in [7, 11) is -0.494. The number of aryl methyl sites for hydroxylation is 1. The van der Waals surface area contributed by atoms with Crippen LogP contribution in [-0.4, -0.2) is 57.9 Å². The summed E-state index contributed by atoms with van der Waals surface area (Å²) < 4.78 is 74.6. The van der Waals surface area contributed by atoms with E-state index in [0.29, 0.717) is 41.7 Å². The molecule has 2 N–H and O–H groups in total. The molecule has 2 aromatic heterocycles. The van der Waals surface area contributed by atoms with Gasteiger partial charge in [0.2, 0.25) is 5.95 Å². The van der Waals surface area contributed by atoms with Crippen LogP contribution in [0.2, 0.25) is 0 Å². The summed E-state index contributed by atoms with van der Waals surface area (Å²) in [5, 5.41) is 10.1. The zero-order chi connectivity index (χ0) is 32.6. The van der Waals surface area contributed by atoms with Crippen molar-refractivity contribution >= 4 is 36.6 Å². The maximum Gasteiger partial charge on any atom is 0.421 e. The fraction of sp³-hybridized carbons (Fsp3) is 0.333. The lowest BCUT2D eigenvalue weighted by Gasteiger charge is -2.19. The smallest absolute Gasteiger partial charge is 0.421 e. The number of ether oxygens (including phenoxy) is 1. The first-order valence-electron chi connectivity index (χ1n) is 14.5. The number of nitrogens with zero attached hydrogens (tertiary/aromatic N) is 5. The summed E-state index contributed by atoms with van der Waals surface area (Å²) in [4.78, 5) is 22.9. The first-order chi connectivity index (χ1) is 22.0. The number of benzene rings is 2. The van der Waals surface area contributed by atoms with Crippen LogP contribution in [-0.2, 0) is 39.0 Å². The third-order valence-corrected chi connectivity index (χ3v) is 9.57. The first-order valence-corrected chi connectivity index (χ1v) is 16.2. The maximum atomic E-state index is 14.1. The second-order valence-electron chi connectivity index (χ2n) is 10.8. The summed E-state index contributed by atoms with van der Waals surface area (Å²) in [6.45, 7) is 2.77. The first kappa shape index (κ1) is 31.5. The molecule has 0 unspecified atom stereocenters. The molecule has 46 heavy (non-hydrogen) atoms. The quantitative estimate of drug-likeness (QED) is 0.233. The number of carbonyl (C=O) groups excluding carboxylic acids is 1. The zero-order valence-electron chi connectivity index (χ0n) is 25.2. The molecule has 16 heteroatoms. The topological polar surface area (TPSA) is 133 Å². The molecule has 4 aromatic rings. The van der Waals surface area contributed by atoms with Crippen molar-refractivity contribution in [1.29, 1.82) is 0 Å². The highest BCUT2D eigenvalue weighted by Gasteiger charge is 2.37. The van der Waals surface area contributed by atoms with Crippen molar-refractivity contribution in [2.24, 2.45) is 0 Å². The predicted octanol–water partition coefficient (Wildman–Crippen LogP) is 6.59. The fourth-order valence-electron chi connectivity index (χ4n) is 5.46. The normalized spacial score (nSPS) is 18.4. The average Bonchev–Trinajstić information content (AvgIpc) is 3.59. The Kier molecular flexibility index (Phi) is 8.49. The number of aromatic nitrogens is 4. The Labute approximate surface area is 262 Å². The second-order valence-corrected chi connectivity index (χ2v) is 12.8. The molecule has 4 aliphatic heterocycles. The van der Waals surface area contributed by atoms with Crippen molar-refractivity contribution in [1.82, 2.24) is 24.6 Å². The molecule has 4 aliphatic rings. The number of rotatable bonds is 3. The minimum absolute atomic E-state index is 0.0257. The molecule has 1 amide bonds. The van der Waals surface area contributed by atoms with Gasteiger partial charge in [-0.3, -0.25) is 14.0 Å². The van der Waals surface area contributed by atoms with Crippen LogP contribution in [0.25, 0.3) is 11.1 Å². The van der Waals surface area contributed by atoms with Gasteiger partial charge in [-0.1, -0.05) is 12.1 Å². The summed E-state index contributed by atoms with van der Waals surface area (Å²) in [6.07, 6.45) is -0.177. The molecule has 0 saturated heterocycles. The van der Waals surface area contributed by atoms with E-state index in [1.165, 1.54) is 12.0 Å². The summed E-state index contributed by atoms with van der Waals surface area (Å²) >= 11 is 0. The van der Waals surface area contributed by atoms with Crippen LogP contribution in [0.3, 0.4) is 0 Å². The molecule has 0 fully saturated rings. The molecule has 12 nitrogen and oxygen atoms in total. The SMILES string of the molecule is CCO[P@@]1(=O)Cc2ccc(c(OC)c2)Nc2ncc(C(F)(F)F)c(n2)Nc2ccc(c3c2C(=O)N(C)C3)-c2cnn(c2)CCCO1. The molecule has 0 aliphatic carbocycles. The van der Waals surface area contributed by atoms with E-state index < -0.39 is 25.2 Å². The monoisotopic (exact) mass is 657 g/mol. The summed E-state index contributed by atoms with van der Waals surface area (Å²) in [5.41, 5.74) is 2.36. The van der Waals surface area contributed by atoms with Crippen LogP contribution in [0.15, 0.2) is 48.9 Å². The van der Waals surface area contributed by atoms with Gasteiger partial charge in [-0.2, -0.15) is 23.3 Å². The number of anilines is 4. The van der Waals surface area contributed by atoms with Gasteiger partial charge in [-0.05, 0) is 48.2 Å². The molecule has 0 spiro atoms. The van der Waals surface area contributed by atoms with Crippen molar-refractivity contribution in [3.63, 3.8) is 0 Å². The Balaban J connectivity index is 1.47. The molecule has 1 atom stereocenters. The molecule has 8 bridgehead atoms. The van der Waals surface area contributed by atoms with Crippen LogP contribution in [0.1, 0.15) is 40.4 Å². The largest absolute Gasteiger partial charge is 0.495 e. The van der Waals surface area contributed by atoms with Crippen molar-refractivity contribution < 1.29 is 36.3 Å². The van der Waals surface area contributed by atoms with Crippen molar-refractivity contribution in [2.75, 3.05) is 38.0 Å². The van der Waals surface area contributed by atoms with Crippen LogP contribution in [0.4, 0.5) is 36.3 Å². The van der Waals surface area contributed by atoms with Crippen LogP contribution in [0, 0.1) is 0 Å². The molecular formula is C30H31F3N7O5P. The lowest BCUT2D eigenvalue weighted by molar-refractivity contribution is -0.137. The van der Waals surface area contributed by atoms with Crippen LogP contribution in [0.5, 0.6) is 5.75 Å². The van der Waals surface area contributed by atoms with E-state index in [9.17, 15) is 22.5 Å². The van der Waals surface area contributed by atoms with Crippen molar-refractivity contribution in [3.05, 3.63) is 71.2 Å². The van der Waals surface area contributed by atoms with Gasteiger partial charge in [-0.15, -0.1) is 0 Å². The van der Waals surface area contributed by atoms with E-state index in [1.807, 2.05) is 6.20 Å². The fourth-order valence-corrected chi connectivity index (χ4v) is 7.17. The number of hydrogen-bond acceptors (Lipinski definition) is 10. The highest BCUT2D eigenvalue weighted by Crippen LogP contribution is 2.52. The Morgan fingerprint density at radius 3 is 2.70 bits per heavy atom. The Morgan fingerprint density at radius 1 is 1.13 bits per heavy atom. The van der Waals surface area contributed by atoms with Gasteiger partial charge >= 0.3 is 13.8 Å². The lowest BCUT2D eigenvalue weighted by atomic mass is 9.97. The lowest BCUT2D eigenvalue weighted by Crippen LogP contribution is -2.18. The van der Waals surface area contributed by atoms with Gasteiger partial charge in [-0.25, -0.2) is 4.98 Å². The predicted molar refractivity (Wildman–Crippen MR) is 164 cm³/mol. The number of halogens is 3. The molecule has 6 heterocycles. The minimum atomic E-state index is -4.79. The second kappa shape index (κ2) is 12.4. The number of nitrogens with one attached hydrogen (secondary N) is 2. The summed E-state index contributed by atoms with van der Waals surface area (Å²) in [6, 6.07) is 8.21. The third kappa shape index (κ3) is 6.30. The number of methoxy groups -OCH3 is 1. The van der Waals surface area contributed by atoms with Gasteiger partial charge in [0.25, 0.3) is 5.91 Å². The molecule has 2 aromatic carbocycles. The van der Waals surface area contributed by atoms with E-state index in [4.69, 9.17) is 13.8 Å². The highest BCUT2D eigenvalue weighted by molar-refractivity contribution is 7.53. The third-order valence-electron chi connectivity index (χ3n) is 7.59. The van der Waals surface area contributed by atoms with Gasteiger partial charge in [0, 0.05) is 38.1 Å². The number of alkyl halides is 3. The zero-order valence-corrected chi connectivity index (χ0v) is 26.1. The van der Waals surface area contributed by atoms with Gasteiger partial charge in [0.15, 0.2) is 0 Å². The van der Waals surface area contributed by atoms with E-state index in [2.05, 4.69) is 25.7 Å². The van der Waals surface area contributed by atoms with E-state index in [-0.39, 0.29) is 49.0 Å². The number of fused-ring (bicyclic) bond motifs is 1. The van der Waals surface area contributed by atoms with E-state index in [1.54, 1.807) is 55.2 Å². The Morgan fingerprint density at radius 2 is 1.93 bits per heavy atom. The van der Waals surface area contributed by atoms with Crippen molar-refractivity contribution in [3.8, 4) is 16.9 Å². The average molecular weight is 658 g/mol. The molecule has 0 radical (unpaired) electrons. The van der Waals surface area contributed by atoms with E-state index in [0.717, 1.165) is 11.1 Å². The Hall–Kier alpha value is -4.46. The molecule has 242 valence electrons. The van der Waals surface area contributed by atoms with Crippen LogP contribution >= 0.6 is 7.60 Å². The molecule has 8 rings (SSSR count). The number of hydrogen-bond donors (Lipinski definition) is 2. The molecule has 0 saturated carbocycles. The summed E-state index contributed by atoms with van der Waals surface area (Å²) in [5.74, 6) is -0.737. The van der Waals surface area contributed by atoms with Gasteiger partial charge in [0.1, 0.15) is 17.1 Å². The standard InChI is InChI=1S/C30H31F3N7O5P/c1-4-44-46(42)17-18-6-8-23(25(12-18)43-3)37-29-34-14-22(30(31,32)33)27(38-29)36-24-9-7-20(21-16-39(2)28(41)26(21)24)19-13-35-40(15-19)10-5-11-45-46/h6-9,12-15H,4-5,10-11,16-17H2,1-3H3,(H2,34,36,37,38)/t46-/m0/s1. The maximum absolute atomic E-state index is 14.1. The minimum Gasteiger partial charge on any atom is -0.495 e. The number of carbonyl (C=O) groups is 1.